The molecule has 0 aliphatic carbocycles. The van der Waals surface area contributed by atoms with Crippen molar-refractivity contribution in [3.05, 3.63) is 84.8 Å². The number of nitrogens with one attached hydrogen (secondary N) is 2. The number of allylic oxidation sites excluding steroid dienone is 1. The number of hydrogen-bond donors (Lipinski definition) is 2. The molecule has 0 saturated heterocycles. The molecule has 4 rings (SSSR count). The van der Waals surface area contributed by atoms with Crippen molar-refractivity contribution in [3.63, 3.8) is 0 Å². The van der Waals surface area contributed by atoms with Crippen LogP contribution in [0.1, 0.15) is 29.5 Å². The van der Waals surface area contributed by atoms with Crippen LogP contribution in [0.25, 0.3) is 0 Å². The molecular formula is C26H26N4O8S. The number of anilines is 1. The van der Waals surface area contributed by atoms with Crippen molar-refractivity contribution in [2.45, 2.75) is 23.8 Å². The molecule has 0 bridgehead atoms. The first kappa shape index (κ1) is 27.5. The Labute approximate surface area is 227 Å². The minimum atomic E-state index is -0.854. The minimum absolute atomic E-state index is 0.00484. The second-order valence-corrected chi connectivity index (χ2v) is 9.36. The summed E-state index contributed by atoms with van der Waals surface area (Å²) < 4.78 is 21.5. The molecule has 12 nitrogen and oxygen atoms in total. The molecule has 1 aromatic heterocycles. The van der Waals surface area contributed by atoms with Gasteiger partial charge in [0.05, 0.1) is 50.4 Å². The molecule has 0 amide bonds. The Morgan fingerprint density at radius 2 is 1.72 bits per heavy atom. The molecule has 1 aliphatic heterocycles. The number of thioether (sulfide) groups is 1. The Kier molecular flexibility index (Phi) is 8.10. The number of methoxy groups -OCH3 is 4. The van der Waals surface area contributed by atoms with Crippen LogP contribution in [0.2, 0.25) is 0 Å². The highest BCUT2D eigenvalue weighted by Gasteiger charge is 2.37. The Morgan fingerprint density at radius 3 is 2.26 bits per heavy atom. The number of benzene rings is 2. The first-order valence-electron chi connectivity index (χ1n) is 11.6. The van der Waals surface area contributed by atoms with Crippen LogP contribution < -0.4 is 25.1 Å². The summed E-state index contributed by atoms with van der Waals surface area (Å²) in [6.07, 6.45) is 0. The van der Waals surface area contributed by atoms with E-state index in [1.807, 2.05) is 0 Å². The van der Waals surface area contributed by atoms with E-state index in [9.17, 15) is 19.7 Å². The number of carbonyl (C=O) groups is 1. The number of nitrogens with zero attached hydrogens (tertiary/aromatic N) is 2. The maximum absolute atomic E-state index is 13.5. The number of carbonyl (C=O) groups excluding carboxylic acids is 1. The number of rotatable bonds is 9. The summed E-state index contributed by atoms with van der Waals surface area (Å²) in [6, 6.07) is 9.49. The van der Waals surface area contributed by atoms with E-state index in [0.717, 1.165) is 5.56 Å². The van der Waals surface area contributed by atoms with Crippen molar-refractivity contribution in [2.24, 2.45) is 0 Å². The highest BCUT2D eigenvalue weighted by Crippen LogP contribution is 2.46. The van der Waals surface area contributed by atoms with Gasteiger partial charge < -0.3 is 29.2 Å². The molecule has 204 valence electrons. The predicted octanol–water partition coefficient (Wildman–Crippen LogP) is 4.00. The van der Waals surface area contributed by atoms with E-state index in [4.69, 9.17) is 18.9 Å². The highest BCUT2D eigenvalue weighted by atomic mass is 32.2. The zero-order valence-electron chi connectivity index (χ0n) is 21.8. The lowest BCUT2D eigenvalue weighted by molar-refractivity contribution is -0.384. The summed E-state index contributed by atoms with van der Waals surface area (Å²) in [4.78, 5) is 44.3. The fraction of sp³-hybridized carbons (Fsp3) is 0.269. The molecule has 0 radical (unpaired) electrons. The zero-order valence-corrected chi connectivity index (χ0v) is 22.6. The molecule has 1 atom stereocenters. The van der Waals surface area contributed by atoms with Crippen LogP contribution in [0, 0.1) is 10.1 Å². The highest BCUT2D eigenvalue weighted by molar-refractivity contribution is 7.98. The second kappa shape index (κ2) is 11.5. The largest absolute Gasteiger partial charge is 0.493 e. The van der Waals surface area contributed by atoms with Crippen molar-refractivity contribution in [3.8, 4) is 17.2 Å². The Bertz CT molecular complexity index is 1490. The van der Waals surface area contributed by atoms with Gasteiger partial charge in [-0.25, -0.2) is 9.78 Å². The summed E-state index contributed by atoms with van der Waals surface area (Å²) in [6.45, 7) is 1.70. The van der Waals surface area contributed by atoms with Crippen molar-refractivity contribution in [1.82, 2.24) is 9.97 Å². The molecule has 3 aromatic rings. The van der Waals surface area contributed by atoms with Gasteiger partial charge in [0.15, 0.2) is 16.7 Å². The van der Waals surface area contributed by atoms with E-state index in [2.05, 4.69) is 15.3 Å². The Balaban J connectivity index is 1.78. The SMILES string of the molecule is COC(=O)C1=C(C)Nc2nc(SCc3ccc([N+](=O)[O-])cc3)[nH]c(=O)c2C1c1cc(OC)c(OC)c(OC)c1. The summed E-state index contributed by atoms with van der Waals surface area (Å²) in [5.41, 5.74) is 1.82. The van der Waals surface area contributed by atoms with Gasteiger partial charge in [0.25, 0.3) is 11.2 Å². The summed E-state index contributed by atoms with van der Waals surface area (Å²) in [5.74, 6) is 0.310. The molecule has 2 N–H and O–H groups in total. The van der Waals surface area contributed by atoms with E-state index in [1.54, 1.807) is 31.2 Å². The monoisotopic (exact) mass is 554 g/mol. The fourth-order valence-electron chi connectivity index (χ4n) is 4.35. The number of non-ortho nitro benzene ring substituents is 1. The van der Waals surface area contributed by atoms with Crippen LogP contribution in [0.3, 0.4) is 0 Å². The number of H-pyrrole nitrogens is 1. The van der Waals surface area contributed by atoms with Crippen molar-refractivity contribution >= 4 is 29.2 Å². The lowest BCUT2D eigenvalue weighted by atomic mass is 9.82. The summed E-state index contributed by atoms with van der Waals surface area (Å²) in [7, 11) is 5.70. The van der Waals surface area contributed by atoms with Crippen molar-refractivity contribution < 1.29 is 28.7 Å². The molecule has 2 aromatic carbocycles. The number of nitro groups is 1. The maximum Gasteiger partial charge on any atom is 0.336 e. The van der Waals surface area contributed by atoms with Gasteiger partial charge in [0, 0.05) is 23.6 Å². The Hall–Kier alpha value is -4.52. The van der Waals surface area contributed by atoms with Crippen LogP contribution >= 0.6 is 11.8 Å². The standard InChI is InChI=1S/C26H26N4O8S/c1-13-19(25(32)38-5)20(15-10-17(35-2)22(37-4)18(11-15)36-3)21-23(27-13)28-26(29-24(21)31)39-12-14-6-8-16(9-7-14)30(33)34/h6-11,20H,12H2,1-5H3,(H2,27,28,29,31). The Morgan fingerprint density at radius 1 is 1.08 bits per heavy atom. The number of aromatic amines is 1. The maximum atomic E-state index is 13.5. The van der Waals surface area contributed by atoms with E-state index in [-0.39, 0.29) is 22.6 Å². The van der Waals surface area contributed by atoms with Crippen LogP contribution in [0.5, 0.6) is 17.2 Å². The van der Waals surface area contributed by atoms with E-state index in [1.165, 1.54) is 52.3 Å². The molecule has 39 heavy (non-hydrogen) atoms. The molecule has 1 unspecified atom stereocenters. The van der Waals surface area contributed by atoms with E-state index in [0.29, 0.717) is 39.4 Å². The first-order valence-corrected chi connectivity index (χ1v) is 12.6. The average Bonchev–Trinajstić information content (AvgIpc) is 2.94. The molecule has 1 aliphatic rings. The van der Waals surface area contributed by atoms with Gasteiger partial charge in [-0.3, -0.25) is 14.9 Å². The zero-order chi connectivity index (χ0) is 28.3. The number of fused-ring (bicyclic) bond motifs is 1. The van der Waals surface area contributed by atoms with Gasteiger partial charge in [-0.1, -0.05) is 23.9 Å². The van der Waals surface area contributed by atoms with Crippen LogP contribution in [-0.4, -0.2) is 49.3 Å². The number of aromatic nitrogens is 2. The third kappa shape index (κ3) is 5.39. The molecule has 13 heteroatoms. The molecule has 0 saturated carbocycles. The number of ether oxygens (including phenoxy) is 4. The molecule has 0 spiro atoms. The molecule has 2 heterocycles. The van der Waals surface area contributed by atoms with Gasteiger partial charge in [0.2, 0.25) is 5.75 Å². The number of nitro benzene ring substituents is 1. The van der Waals surface area contributed by atoms with Crippen molar-refractivity contribution in [2.75, 3.05) is 33.8 Å². The van der Waals surface area contributed by atoms with E-state index < -0.39 is 22.4 Å². The molecular weight excluding hydrogens is 528 g/mol. The normalized spacial score (nSPS) is 14.2. The average molecular weight is 555 g/mol. The smallest absolute Gasteiger partial charge is 0.336 e. The predicted molar refractivity (Wildman–Crippen MR) is 144 cm³/mol. The van der Waals surface area contributed by atoms with Crippen LogP contribution in [-0.2, 0) is 15.3 Å². The van der Waals surface area contributed by atoms with E-state index >= 15 is 0 Å². The first-order chi connectivity index (χ1) is 18.7. The van der Waals surface area contributed by atoms with Gasteiger partial charge in [-0.2, -0.15) is 0 Å². The fourth-order valence-corrected chi connectivity index (χ4v) is 5.16. The summed E-state index contributed by atoms with van der Waals surface area (Å²) in [5, 5.41) is 14.3. The lowest BCUT2D eigenvalue weighted by Gasteiger charge is -2.29. The summed E-state index contributed by atoms with van der Waals surface area (Å²) >= 11 is 1.26. The third-order valence-corrected chi connectivity index (χ3v) is 7.11. The van der Waals surface area contributed by atoms with Crippen LogP contribution in [0.15, 0.2) is 57.6 Å². The number of hydrogen-bond acceptors (Lipinski definition) is 11. The van der Waals surface area contributed by atoms with Gasteiger partial charge >= 0.3 is 5.97 Å². The van der Waals surface area contributed by atoms with Crippen LogP contribution in [0.4, 0.5) is 11.5 Å². The van der Waals surface area contributed by atoms with Crippen molar-refractivity contribution in [1.29, 1.82) is 0 Å². The van der Waals surface area contributed by atoms with Gasteiger partial charge in [0.1, 0.15) is 5.82 Å². The third-order valence-electron chi connectivity index (χ3n) is 6.17. The van der Waals surface area contributed by atoms with Gasteiger partial charge in [-0.15, -0.1) is 0 Å². The lowest BCUT2D eigenvalue weighted by Crippen LogP contribution is -2.31. The molecule has 0 fully saturated rings. The second-order valence-electron chi connectivity index (χ2n) is 8.39. The van der Waals surface area contributed by atoms with Gasteiger partial charge in [-0.05, 0) is 30.2 Å². The number of esters is 1. The quantitative estimate of drug-likeness (QED) is 0.130. The topological polar surface area (TPSA) is 155 Å². The minimum Gasteiger partial charge on any atom is -0.493 e.